The van der Waals surface area contributed by atoms with Crippen LogP contribution in [-0.4, -0.2) is 61.7 Å². The normalized spacial score (nSPS) is 19.5. The summed E-state index contributed by atoms with van der Waals surface area (Å²) in [6.45, 7) is 13.2. The summed E-state index contributed by atoms with van der Waals surface area (Å²) < 4.78 is 18.5. The molecule has 2 N–H and O–H groups in total. The molecule has 4 rings (SSSR count). The second-order valence-electron chi connectivity index (χ2n) is 12.1. The van der Waals surface area contributed by atoms with E-state index >= 15 is 0 Å². The molecule has 2 unspecified atom stereocenters. The number of carbonyl (C=O) groups is 1. The maximum absolute atomic E-state index is 13.3. The number of hydrogen-bond acceptors (Lipinski definition) is 8. The quantitative estimate of drug-likeness (QED) is 0.257. The van der Waals surface area contributed by atoms with Crippen molar-refractivity contribution in [1.82, 2.24) is 4.90 Å². The Hall–Kier alpha value is -2.85. The zero-order valence-corrected chi connectivity index (χ0v) is 25.8. The molecular formula is C30H38ClNO7Si. The van der Waals surface area contributed by atoms with Gasteiger partial charge in [-0.1, -0.05) is 44.5 Å². The van der Waals surface area contributed by atoms with Crippen LogP contribution >= 0.6 is 11.6 Å². The van der Waals surface area contributed by atoms with Crippen LogP contribution in [0, 0.1) is 0 Å². The number of nitrogens with zero attached hydrogens (tertiary/aromatic N) is 1. The molecule has 2 heterocycles. The fraction of sp³-hybridized carbons (Fsp3) is 0.467. The van der Waals surface area contributed by atoms with Crippen LogP contribution in [0.1, 0.15) is 45.6 Å². The maximum atomic E-state index is 13.3. The van der Waals surface area contributed by atoms with Crippen molar-refractivity contribution >= 4 is 36.9 Å². The van der Waals surface area contributed by atoms with Gasteiger partial charge >= 0.3 is 5.97 Å². The van der Waals surface area contributed by atoms with Gasteiger partial charge in [0.25, 0.3) is 0 Å². The minimum atomic E-state index is -2.23. The molecule has 0 amide bonds. The van der Waals surface area contributed by atoms with Gasteiger partial charge in [0.1, 0.15) is 40.4 Å². The lowest BCUT2D eigenvalue weighted by molar-refractivity contribution is -0.160. The molecule has 0 radical (unpaired) electrons. The van der Waals surface area contributed by atoms with E-state index in [-0.39, 0.29) is 27.5 Å². The van der Waals surface area contributed by atoms with Crippen molar-refractivity contribution in [3.63, 3.8) is 0 Å². The molecule has 1 saturated heterocycles. The number of likely N-dealkylation sites (N-methyl/N-ethyl adjacent to an activating group) is 1. The van der Waals surface area contributed by atoms with E-state index < -0.39 is 43.6 Å². The molecule has 216 valence electrons. The number of carbonyl (C=O) groups excluding carboxylic acids is 1. The van der Waals surface area contributed by atoms with Gasteiger partial charge in [-0.05, 0) is 57.2 Å². The number of hydrogen-bond donors (Lipinski definition) is 2. The highest BCUT2D eigenvalue weighted by Gasteiger charge is 2.42. The van der Waals surface area contributed by atoms with Crippen LogP contribution in [0.15, 0.2) is 45.6 Å². The molecule has 2 aromatic carbocycles. The van der Waals surface area contributed by atoms with Crippen molar-refractivity contribution in [2.24, 2.45) is 0 Å². The molecule has 3 aromatic rings. The Bertz CT molecular complexity index is 1480. The number of phenols is 2. The van der Waals surface area contributed by atoms with Crippen molar-refractivity contribution in [3.05, 3.63) is 57.2 Å². The first kappa shape index (κ1) is 30.1. The molecule has 3 atom stereocenters. The van der Waals surface area contributed by atoms with Gasteiger partial charge in [-0.3, -0.25) is 4.79 Å². The summed E-state index contributed by atoms with van der Waals surface area (Å²) in [5.41, 5.74) is 0.372. The average Bonchev–Trinajstić information content (AvgIpc) is 2.84. The van der Waals surface area contributed by atoms with E-state index in [0.717, 1.165) is 6.07 Å². The Balaban J connectivity index is 1.77. The van der Waals surface area contributed by atoms with Gasteiger partial charge in [-0.2, -0.15) is 0 Å². The van der Waals surface area contributed by atoms with E-state index in [0.29, 0.717) is 35.7 Å². The van der Waals surface area contributed by atoms with Crippen LogP contribution in [0.25, 0.3) is 22.3 Å². The van der Waals surface area contributed by atoms with Crippen LogP contribution in [0.5, 0.6) is 11.5 Å². The minimum absolute atomic E-state index is 0.0427. The first-order chi connectivity index (χ1) is 18.6. The number of aromatic hydroxyl groups is 2. The second-order valence-corrected chi connectivity index (χ2v) is 17.3. The number of halogens is 1. The number of piperidine rings is 1. The number of rotatable bonds is 6. The SMILES string of the molecule is C[C@H](O[Si](C)(C)C(C)(C)C)C(=O)OC1CN(C)CCC1c1c(O)cc(O)c2c(=O)cc(-c3ccccc3Cl)oc12. The molecule has 0 spiro atoms. The summed E-state index contributed by atoms with van der Waals surface area (Å²) >= 11 is 6.38. The molecule has 1 aliphatic rings. The summed E-state index contributed by atoms with van der Waals surface area (Å²) in [6.07, 6.45) is -0.923. The standard InChI is InChI=1S/C30H38ClNO7Si/c1-17(39-40(6,7)30(2,3)4)29(36)38-25-16-32(5)13-12-19(25)26-21(33)14-22(34)27-23(35)15-24(37-28(26)27)18-10-8-9-11-20(18)31/h8-11,14-15,17,19,25,33-34H,12-13,16H2,1-7H3/t17-,19?,25?/m0/s1. The molecule has 0 saturated carbocycles. The number of fused-ring (bicyclic) bond motifs is 1. The summed E-state index contributed by atoms with van der Waals surface area (Å²) in [7, 11) is -0.304. The van der Waals surface area contributed by atoms with Crippen molar-refractivity contribution in [2.75, 3.05) is 20.1 Å². The highest BCUT2D eigenvalue weighted by atomic mass is 35.5. The van der Waals surface area contributed by atoms with Crippen molar-refractivity contribution in [2.45, 2.75) is 70.4 Å². The van der Waals surface area contributed by atoms with E-state index in [4.69, 9.17) is 25.2 Å². The maximum Gasteiger partial charge on any atom is 0.334 e. The third kappa shape index (κ3) is 5.93. The largest absolute Gasteiger partial charge is 0.507 e. The molecule has 1 aliphatic heterocycles. The lowest BCUT2D eigenvalue weighted by atomic mass is 9.85. The van der Waals surface area contributed by atoms with Crippen LogP contribution in [0.3, 0.4) is 0 Å². The van der Waals surface area contributed by atoms with Gasteiger partial charge < -0.3 is 28.7 Å². The lowest BCUT2D eigenvalue weighted by Gasteiger charge is -2.39. The second kappa shape index (κ2) is 11.2. The highest BCUT2D eigenvalue weighted by molar-refractivity contribution is 6.74. The molecule has 1 aromatic heterocycles. The molecule has 10 heteroatoms. The lowest BCUT2D eigenvalue weighted by Crippen LogP contribution is -2.48. The first-order valence-electron chi connectivity index (χ1n) is 13.4. The fourth-order valence-electron chi connectivity index (χ4n) is 4.91. The van der Waals surface area contributed by atoms with Crippen molar-refractivity contribution < 1.29 is 28.6 Å². The number of likely N-dealkylation sites (tertiary alicyclic amines) is 1. The first-order valence-corrected chi connectivity index (χ1v) is 16.7. The number of benzene rings is 2. The van der Waals surface area contributed by atoms with E-state index in [1.807, 2.05) is 11.9 Å². The summed E-state index contributed by atoms with van der Waals surface area (Å²) in [5.74, 6) is -1.43. The molecule has 8 nitrogen and oxygen atoms in total. The average molecular weight is 588 g/mol. The van der Waals surface area contributed by atoms with Crippen LogP contribution in [-0.2, 0) is 14.0 Å². The molecule has 0 aliphatic carbocycles. The van der Waals surface area contributed by atoms with E-state index in [1.54, 1.807) is 31.2 Å². The van der Waals surface area contributed by atoms with E-state index in [9.17, 15) is 19.8 Å². The fourth-order valence-corrected chi connectivity index (χ4v) is 6.47. The topological polar surface area (TPSA) is 109 Å². The molecule has 0 bridgehead atoms. The molecular weight excluding hydrogens is 550 g/mol. The Morgan fingerprint density at radius 1 is 1.18 bits per heavy atom. The number of phenolic OH excluding ortho intramolecular Hbond substituents is 2. The zero-order chi connectivity index (χ0) is 29.6. The predicted molar refractivity (Wildman–Crippen MR) is 159 cm³/mol. The third-order valence-electron chi connectivity index (χ3n) is 8.15. The summed E-state index contributed by atoms with van der Waals surface area (Å²) in [4.78, 5) is 28.6. The Kier molecular flexibility index (Phi) is 8.43. The Morgan fingerprint density at radius 2 is 1.85 bits per heavy atom. The van der Waals surface area contributed by atoms with E-state index in [1.165, 1.54) is 6.07 Å². The smallest absolute Gasteiger partial charge is 0.334 e. The Labute approximate surface area is 240 Å². The van der Waals surface area contributed by atoms with Gasteiger partial charge in [-0.25, -0.2) is 4.79 Å². The van der Waals surface area contributed by atoms with Gasteiger partial charge in [-0.15, -0.1) is 0 Å². The number of ether oxygens (including phenoxy) is 1. The van der Waals surface area contributed by atoms with Crippen LogP contribution in [0.4, 0.5) is 0 Å². The summed E-state index contributed by atoms with van der Waals surface area (Å²) in [5, 5.41) is 22.0. The molecule has 1 fully saturated rings. The predicted octanol–water partition coefficient (Wildman–Crippen LogP) is 6.27. The van der Waals surface area contributed by atoms with Gasteiger partial charge in [0, 0.05) is 35.7 Å². The van der Waals surface area contributed by atoms with Crippen LogP contribution in [0.2, 0.25) is 23.2 Å². The Morgan fingerprint density at radius 3 is 2.50 bits per heavy atom. The van der Waals surface area contributed by atoms with Gasteiger partial charge in [0.05, 0.1) is 5.02 Å². The summed E-state index contributed by atoms with van der Waals surface area (Å²) in [6, 6.07) is 9.35. The monoisotopic (exact) mass is 587 g/mol. The third-order valence-corrected chi connectivity index (χ3v) is 13.0. The van der Waals surface area contributed by atoms with Crippen LogP contribution < -0.4 is 5.43 Å². The van der Waals surface area contributed by atoms with Gasteiger partial charge in [0.2, 0.25) is 0 Å². The zero-order valence-electron chi connectivity index (χ0n) is 24.1. The molecule has 40 heavy (non-hydrogen) atoms. The van der Waals surface area contributed by atoms with E-state index in [2.05, 4.69) is 33.9 Å². The van der Waals surface area contributed by atoms with Crippen molar-refractivity contribution in [3.8, 4) is 22.8 Å². The number of esters is 1. The van der Waals surface area contributed by atoms with Crippen molar-refractivity contribution in [1.29, 1.82) is 0 Å². The van der Waals surface area contributed by atoms with Gasteiger partial charge in [0.15, 0.2) is 13.7 Å². The highest BCUT2D eigenvalue weighted by Crippen LogP contribution is 2.44. The minimum Gasteiger partial charge on any atom is -0.507 e.